The molecule has 0 spiro atoms. The molecule has 0 amide bonds. The molecule has 8 heteroatoms. The molecule has 0 saturated carbocycles. The van der Waals surface area contributed by atoms with E-state index < -0.39 is 11.7 Å². The molecule has 0 radical (unpaired) electrons. The maximum Gasteiger partial charge on any atom is 0.416 e. The Hall–Kier alpha value is -3.00. The molecule has 1 aromatic heterocycles. The number of nitrogens with zero attached hydrogens (tertiary/aromatic N) is 4. The van der Waals surface area contributed by atoms with Crippen molar-refractivity contribution >= 4 is 5.71 Å². The largest absolute Gasteiger partial charge is 0.416 e. The fourth-order valence-electron chi connectivity index (χ4n) is 3.01. The summed E-state index contributed by atoms with van der Waals surface area (Å²) in [4.78, 5) is 4.49. The van der Waals surface area contributed by atoms with Crippen molar-refractivity contribution in [2.24, 2.45) is 4.99 Å². The van der Waals surface area contributed by atoms with Gasteiger partial charge in [-0.05, 0) is 18.2 Å². The summed E-state index contributed by atoms with van der Waals surface area (Å²) in [6.07, 6.45) is -4.47. The third-order valence-corrected chi connectivity index (χ3v) is 4.18. The first-order valence-corrected chi connectivity index (χ1v) is 7.85. The Morgan fingerprint density at radius 2 is 1.81 bits per heavy atom. The Bertz CT molecular complexity index is 993. The van der Waals surface area contributed by atoms with Crippen LogP contribution in [0, 0.1) is 0 Å². The van der Waals surface area contributed by atoms with Crippen molar-refractivity contribution in [3.63, 3.8) is 0 Å². The van der Waals surface area contributed by atoms with Crippen LogP contribution in [0.25, 0.3) is 5.69 Å². The van der Waals surface area contributed by atoms with E-state index in [-0.39, 0.29) is 19.0 Å². The molecular formula is C18H13F3N4O. The molecule has 1 aliphatic rings. The smallest absolute Gasteiger partial charge is 0.388 e. The lowest BCUT2D eigenvalue weighted by Gasteiger charge is -2.16. The van der Waals surface area contributed by atoms with Gasteiger partial charge in [0.2, 0.25) is 0 Å². The summed E-state index contributed by atoms with van der Waals surface area (Å²) in [5.41, 5.74) is 1.17. The molecule has 0 unspecified atom stereocenters. The molecule has 1 aliphatic heterocycles. The number of alkyl halides is 3. The van der Waals surface area contributed by atoms with Crippen LogP contribution < -0.4 is 0 Å². The lowest BCUT2D eigenvalue weighted by molar-refractivity contribution is -0.137. The summed E-state index contributed by atoms with van der Waals surface area (Å²) in [5.74, 6) is 0.714. The second-order valence-electron chi connectivity index (χ2n) is 5.79. The number of halogens is 3. The number of hydrogen-bond acceptors (Lipinski definition) is 4. The highest BCUT2D eigenvalue weighted by Crippen LogP contribution is 2.34. The highest BCUT2D eigenvalue weighted by molar-refractivity contribution is 6.15. The summed E-state index contributed by atoms with van der Waals surface area (Å²) in [5, 5.41) is 17.4. The van der Waals surface area contributed by atoms with Crippen molar-refractivity contribution in [2.75, 3.05) is 0 Å². The van der Waals surface area contributed by atoms with Gasteiger partial charge in [-0.15, -0.1) is 10.2 Å². The maximum absolute atomic E-state index is 13.3. The molecule has 26 heavy (non-hydrogen) atoms. The van der Waals surface area contributed by atoms with Crippen molar-refractivity contribution < 1.29 is 18.3 Å². The number of aliphatic hydroxyl groups is 1. The number of benzene rings is 2. The molecule has 0 aliphatic carbocycles. The zero-order valence-electron chi connectivity index (χ0n) is 13.4. The van der Waals surface area contributed by atoms with E-state index >= 15 is 0 Å². The molecule has 1 N–H and O–H groups in total. The predicted octanol–water partition coefficient (Wildman–Crippen LogP) is 3.13. The molecule has 4 rings (SSSR count). The standard InChI is InChI=1S/C18H13F3N4O/c19-18(20,21)12-6-7-14-13(8-12)17(11-4-2-1-3-5-11)22-9-15-23-24-16(10-26)25(14)15/h1-8,26H,9-10H2. The van der Waals surface area contributed by atoms with Gasteiger partial charge in [-0.2, -0.15) is 13.2 Å². The molecule has 5 nitrogen and oxygen atoms in total. The Morgan fingerprint density at radius 1 is 1.04 bits per heavy atom. The van der Waals surface area contributed by atoms with E-state index in [1.165, 1.54) is 6.07 Å². The van der Waals surface area contributed by atoms with Gasteiger partial charge in [0, 0.05) is 11.1 Å². The Balaban J connectivity index is 2.00. The topological polar surface area (TPSA) is 63.3 Å². The maximum atomic E-state index is 13.3. The van der Waals surface area contributed by atoms with Crippen LogP contribution in [-0.4, -0.2) is 25.6 Å². The molecule has 0 saturated heterocycles. The van der Waals surface area contributed by atoms with Crippen LogP contribution in [0.3, 0.4) is 0 Å². The van der Waals surface area contributed by atoms with Crippen molar-refractivity contribution in [2.45, 2.75) is 19.3 Å². The second-order valence-corrected chi connectivity index (χ2v) is 5.79. The van der Waals surface area contributed by atoms with E-state index in [2.05, 4.69) is 15.2 Å². The number of aliphatic hydroxyl groups excluding tert-OH is 1. The van der Waals surface area contributed by atoms with Gasteiger partial charge in [0.25, 0.3) is 0 Å². The summed E-state index contributed by atoms with van der Waals surface area (Å²) in [7, 11) is 0. The van der Waals surface area contributed by atoms with Crippen LogP contribution in [-0.2, 0) is 19.3 Å². The number of rotatable bonds is 2. The van der Waals surface area contributed by atoms with Gasteiger partial charge in [-0.25, -0.2) is 0 Å². The molecule has 0 bridgehead atoms. The predicted molar refractivity (Wildman–Crippen MR) is 88.1 cm³/mol. The van der Waals surface area contributed by atoms with Crippen LogP contribution in [0.15, 0.2) is 53.5 Å². The monoisotopic (exact) mass is 358 g/mol. The number of hydrogen-bond donors (Lipinski definition) is 1. The zero-order chi connectivity index (χ0) is 18.3. The fraction of sp³-hybridized carbons (Fsp3) is 0.167. The Kier molecular flexibility index (Phi) is 3.84. The van der Waals surface area contributed by atoms with E-state index in [1.807, 2.05) is 6.07 Å². The van der Waals surface area contributed by atoms with Crippen LogP contribution in [0.2, 0.25) is 0 Å². The Labute approximate surface area is 146 Å². The molecule has 0 atom stereocenters. The zero-order valence-corrected chi connectivity index (χ0v) is 13.4. The fourth-order valence-corrected chi connectivity index (χ4v) is 3.01. The van der Waals surface area contributed by atoms with Gasteiger partial charge in [-0.1, -0.05) is 30.3 Å². The summed E-state index contributed by atoms with van der Waals surface area (Å²) in [6.45, 7) is -0.235. The highest BCUT2D eigenvalue weighted by atomic mass is 19.4. The van der Waals surface area contributed by atoms with Gasteiger partial charge in [-0.3, -0.25) is 9.56 Å². The highest BCUT2D eigenvalue weighted by Gasteiger charge is 2.33. The number of fused-ring (bicyclic) bond motifs is 3. The molecule has 2 aromatic carbocycles. The average Bonchev–Trinajstić information content (AvgIpc) is 2.97. The molecule has 0 fully saturated rings. The Morgan fingerprint density at radius 3 is 2.50 bits per heavy atom. The van der Waals surface area contributed by atoms with E-state index in [1.54, 1.807) is 28.8 Å². The van der Waals surface area contributed by atoms with Gasteiger partial charge in [0.15, 0.2) is 11.6 Å². The molecular weight excluding hydrogens is 345 g/mol. The van der Waals surface area contributed by atoms with Crippen molar-refractivity contribution in [1.82, 2.24) is 14.8 Å². The van der Waals surface area contributed by atoms with Gasteiger partial charge >= 0.3 is 6.18 Å². The third kappa shape index (κ3) is 2.68. The summed E-state index contributed by atoms with van der Waals surface area (Å²) >= 11 is 0. The number of aromatic nitrogens is 3. The van der Waals surface area contributed by atoms with Crippen molar-refractivity contribution in [1.29, 1.82) is 0 Å². The third-order valence-electron chi connectivity index (χ3n) is 4.18. The lowest BCUT2D eigenvalue weighted by atomic mass is 9.98. The minimum atomic E-state index is -4.47. The van der Waals surface area contributed by atoms with Gasteiger partial charge in [0.05, 0.1) is 17.0 Å². The summed E-state index contributed by atoms with van der Waals surface area (Å²) < 4.78 is 41.3. The SMILES string of the molecule is OCc1nnc2n1-c1ccc(C(F)(F)F)cc1C(c1ccccc1)=NC2. The van der Waals surface area contributed by atoms with E-state index in [4.69, 9.17) is 0 Å². The van der Waals surface area contributed by atoms with Crippen LogP contribution in [0.4, 0.5) is 13.2 Å². The lowest BCUT2D eigenvalue weighted by Crippen LogP contribution is -2.13. The van der Waals surface area contributed by atoms with E-state index in [0.717, 1.165) is 12.1 Å². The first kappa shape index (κ1) is 16.5. The normalized spacial score (nSPS) is 13.6. The van der Waals surface area contributed by atoms with Crippen molar-refractivity contribution in [3.05, 3.63) is 76.9 Å². The quantitative estimate of drug-likeness (QED) is 0.766. The minimum absolute atomic E-state index is 0.146. The minimum Gasteiger partial charge on any atom is -0.388 e. The molecule has 132 valence electrons. The first-order chi connectivity index (χ1) is 12.5. The van der Waals surface area contributed by atoms with E-state index in [9.17, 15) is 18.3 Å². The van der Waals surface area contributed by atoms with Crippen molar-refractivity contribution in [3.8, 4) is 5.69 Å². The van der Waals surface area contributed by atoms with Crippen LogP contribution >= 0.6 is 0 Å². The molecule has 3 aromatic rings. The second kappa shape index (κ2) is 6.06. The van der Waals surface area contributed by atoms with Crippen LogP contribution in [0.5, 0.6) is 0 Å². The summed E-state index contributed by atoms with van der Waals surface area (Å²) in [6, 6.07) is 12.5. The van der Waals surface area contributed by atoms with E-state index in [0.29, 0.717) is 28.4 Å². The van der Waals surface area contributed by atoms with Gasteiger partial charge < -0.3 is 5.11 Å². The first-order valence-electron chi connectivity index (χ1n) is 7.85. The molecule has 2 heterocycles. The van der Waals surface area contributed by atoms with Gasteiger partial charge in [0.1, 0.15) is 13.2 Å². The average molecular weight is 358 g/mol. The number of aliphatic imine (C=N–C) groups is 1. The van der Waals surface area contributed by atoms with Crippen LogP contribution in [0.1, 0.15) is 28.3 Å².